The molecule has 0 saturated heterocycles. The first-order valence-electron chi connectivity index (χ1n) is 9.50. The van der Waals surface area contributed by atoms with Crippen LogP contribution < -0.4 is 0 Å². The van der Waals surface area contributed by atoms with E-state index in [1.807, 2.05) is 32.9 Å². The Balaban J connectivity index is -0.000000144. The van der Waals surface area contributed by atoms with Gasteiger partial charge < -0.3 is 4.74 Å². The van der Waals surface area contributed by atoms with E-state index in [0.29, 0.717) is 13.0 Å². The SMILES string of the molecule is C#CCCCCCC=C.C=CC.C=CC.C=CCCCC(=O)OCCC. The lowest BCUT2D eigenvalue weighted by atomic mass is 10.1. The summed E-state index contributed by atoms with van der Waals surface area (Å²) in [6.07, 6.45) is 21.2. The van der Waals surface area contributed by atoms with Crippen LogP contribution in [0.1, 0.15) is 78.6 Å². The van der Waals surface area contributed by atoms with E-state index in [4.69, 9.17) is 11.2 Å². The molecule has 150 valence electrons. The van der Waals surface area contributed by atoms with Crippen molar-refractivity contribution in [2.75, 3.05) is 6.61 Å². The van der Waals surface area contributed by atoms with Crippen LogP contribution in [0.3, 0.4) is 0 Å². The summed E-state index contributed by atoms with van der Waals surface area (Å²) >= 11 is 0. The normalized spacial score (nSPS) is 7.77. The van der Waals surface area contributed by atoms with Crippen LogP contribution >= 0.6 is 0 Å². The maximum atomic E-state index is 10.8. The fourth-order valence-electron chi connectivity index (χ4n) is 1.37. The minimum absolute atomic E-state index is 0.0892. The van der Waals surface area contributed by atoms with Gasteiger partial charge in [-0.1, -0.05) is 37.6 Å². The monoisotopic (exact) mass is 362 g/mol. The number of allylic oxidation sites excluding steroid dienone is 4. The fourth-order valence-corrected chi connectivity index (χ4v) is 1.37. The van der Waals surface area contributed by atoms with E-state index in [1.54, 1.807) is 12.2 Å². The minimum Gasteiger partial charge on any atom is -0.466 e. The summed E-state index contributed by atoms with van der Waals surface area (Å²) in [6.45, 7) is 20.2. The number of rotatable bonds is 11. The Morgan fingerprint density at radius 3 is 1.88 bits per heavy atom. The number of carbonyl (C=O) groups is 1. The van der Waals surface area contributed by atoms with Gasteiger partial charge in [-0.3, -0.25) is 4.79 Å². The van der Waals surface area contributed by atoms with Crippen molar-refractivity contribution < 1.29 is 9.53 Å². The second kappa shape index (κ2) is 38.5. The first-order chi connectivity index (χ1) is 12.6. The highest BCUT2D eigenvalue weighted by molar-refractivity contribution is 5.69. The van der Waals surface area contributed by atoms with Gasteiger partial charge in [-0.25, -0.2) is 0 Å². The van der Waals surface area contributed by atoms with Gasteiger partial charge in [-0.2, -0.15) is 0 Å². The van der Waals surface area contributed by atoms with Crippen LogP contribution in [0.15, 0.2) is 50.6 Å². The highest BCUT2D eigenvalue weighted by atomic mass is 16.5. The molecule has 0 aromatic heterocycles. The average Bonchev–Trinajstić information content (AvgIpc) is 2.62. The third kappa shape index (κ3) is 57.4. The van der Waals surface area contributed by atoms with Crippen LogP contribution in [0.25, 0.3) is 0 Å². The topological polar surface area (TPSA) is 26.3 Å². The average molecular weight is 363 g/mol. The Hall–Kier alpha value is -2.01. The van der Waals surface area contributed by atoms with Crippen LogP contribution in [0.4, 0.5) is 0 Å². The van der Waals surface area contributed by atoms with Crippen molar-refractivity contribution in [3.8, 4) is 12.3 Å². The van der Waals surface area contributed by atoms with Crippen molar-refractivity contribution in [3.05, 3.63) is 50.6 Å². The molecule has 0 aliphatic rings. The predicted molar refractivity (Wildman–Crippen MR) is 119 cm³/mol. The van der Waals surface area contributed by atoms with E-state index >= 15 is 0 Å². The number of unbranched alkanes of at least 4 members (excludes halogenated alkanes) is 5. The molecule has 2 heteroatoms. The molecule has 0 bridgehead atoms. The molecular weight excluding hydrogens is 320 g/mol. The van der Waals surface area contributed by atoms with Crippen LogP contribution in [0.2, 0.25) is 0 Å². The van der Waals surface area contributed by atoms with Crippen molar-refractivity contribution in [2.24, 2.45) is 0 Å². The number of esters is 1. The van der Waals surface area contributed by atoms with E-state index in [-0.39, 0.29) is 5.97 Å². The number of terminal acetylenes is 1. The Labute approximate surface area is 164 Å². The molecule has 0 spiro atoms. The Bertz CT molecular complexity index is 342. The summed E-state index contributed by atoms with van der Waals surface area (Å²) in [5, 5.41) is 0. The fraction of sp³-hybridized carbons (Fsp3) is 0.542. The third-order valence-electron chi connectivity index (χ3n) is 2.49. The lowest BCUT2D eigenvalue weighted by molar-refractivity contribution is -0.143. The summed E-state index contributed by atoms with van der Waals surface area (Å²) in [7, 11) is 0. The number of hydrogen-bond acceptors (Lipinski definition) is 2. The molecule has 0 unspecified atom stereocenters. The van der Waals surface area contributed by atoms with Gasteiger partial charge in [0.25, 0.3) is 0 Å². The zero-order chi connectivity index (χ0) is 20.9. The van der Waals surface area contributed by atoms with E-state index in [0.717, 1.165) is 32.1 Å². The molecule has 0 heterocycles. The van der Waals surface area contributed by atoms with E-state index in [1.165, 1.54) is 19.3 Å². The second-order valence-electron chi connectivity index (χ2n) is 5.31. The smallest absolute Gasteiger partial charge is 0.305 e. The molecule has 0 amide bonds. The lowest BCUT2D eigenvalue weighted by Gasteiger charge is -2.00. The van der Waals surface area contributed by atoms with Crippen LogP contribution in [-0.4, -0.2) is 12.6 Å². The van der Waals surface area contributed by atoms with Gasteiger partial charge >= 0.3 is 5.97 Å². The molecule has 0 saturated carbocycles. The summed E-state index contributed by atoms with van der Waals surface area (Å²) in [6, 6.07) is 0. The highest BCUT2D eigenvalue weighted by Gasteiger charge is 1.99. The summed E-state index contributed by atoms with van der Waals surface area (Å²) < 4.78 is 4.86. The van der Waals surface area contributed by atoms with Gasteiger partial charge in [0, 0.05) is 12.8 Å². The Morgan fingerprint density at radius 2 is 1.46 bits per heavy atom. The molecule has 0 N–H and O–H groups in total. The zero-order valence-corrected chi connectivity index (χ0v) is 17.6. The zero-order valence-electron chi connectivity index (χ0n) is 17.6. The largest absolute Gasteiger partial charge is 0.466 e. The van der Waals surface area contributed by atoms with Crippen molar-refractivity contribution in [2.45, 2.75) is 78.6 Å². The van der Waals surface area contributed by atoms with Crippen molar-refractivity contribution in [1.29, 1.82) is 0 Å². The van der Waals surface area contributed by atoms with Gasteiger partial charge in [0.1, 0.15) is 0 Å². The Kier molecular flexibility index (Phi) is 47.0. The minimum atomic E-state index is -0.0892. The number of hydrogen-bond donors (Lipinski definition) is 0. The van der Waals surface area contributed by atoms with Gasteiger partial charge in [-0.15, -0.1) is 38.7 Å². The van der Waals surface area contributed by atoms with Gasteiger partial charge in [-0.05, 0) is 52.4 Å². The van der Waals surface area contributed by atoms with E-state index in [2.05, 4.69) is 32.2 Å². The van der Waals surface area contributed by atoms with E-state index in [9.17, 15) is 4.79 Å². The lowest BCUT2D eigenvalue weighted by Crippen LogP contribution is -2.04. The molecule has 0 fully saturated rings. The first-order valence-corrected chi connectivity index (χ1v) is 9.50. The molecular formula is C24H42O2. The Morgan fingerprint density at radius 1 is 0.962 bits per heavy atom. The number of ether oxygens (including phenoxy) is 1. The van der Waals surface area contributed by atoms with E-state index < -0.39 is 0 Å². The highest BCUT2D eigenvalue weighted by Crippen LogP contribution is 2.01. The maximum Gasteiger partial charge on any atom is 0.305 e. The van der Waals surface area contributed by atoms with Crippen molar-refractivity contribution >= 4 is 5.97 Å². The molecule has 0 radical (unpaired) electrons. The number of carbonyl (C=O) groups excluding carboxylic acids is 1. The quantitative estimate of drug-likeness (QED) is 0.165. The molecule has 0 rings (SSSR count). The van der Waals surface area contributed by atoms with Gasteiger partial charge in [0.05, 0.1) is 6.61 Å². The first kappa shape index (κ1) is 31.7. The molecule has 0 aliphatic heterocycles. The van der Waals surface area contributed by atoms with Crippen LogP contribution in [0.5, 0.6) is 0 Å². The van der Waals surface area contributed by atoms with Crippen molar-refractivity contribution in [3.63, 3.8) is 0 Å². The maximum absolute atomic E-state index is 10.8. The summed E-state index contributed by atoms with van der Waals surface area (Å²) in [4.78, 5) is 10.8. The molecule has 2 nitrogen and oxygen atoms in total. The molecule has 0 aliphatic carbocycles. The standard InChI is InChI=1S/C9H16O2.C9H14.2C3H6/c1-3-5-6-7-9(10)11-8-4-2;1-3-5-7-9-8-6-4-2;2*1-3-2/h3H,1,4-8H2,2H3;1,4H,2,5-9H2;2*3H,1H2,2H3. The van der Waals surface area contributed by atoms with Crippen molar-refractivity contribution in [1.82, 2.24) is 0 Å². The predicted octanol–water partition coefficient (Wildman–Crippen LogP) is 7.44. The third-order valence-corrected chi connectivity index (χ3v) is 2.49. The van der Waals surface area contributed by atoms with Crippen LogP contribution in [-0.2, 0) is 9.53 Å². The molecule has 0 aromatic carbocycles. The molecule has 0 aromatic rings. The summed E-state index contributed by atoms with van der Waals surface area (Å²) in [5.74, 6) is 2.53. The molecule has 0 atom stereocenters. The molecule has 26 heavy (non-hydrogen) atoms. The van der Waals surface area contributed by atoms with Crippen LogP contribution in [0, 0.1) is 12.3 Å². The second-order valence-corrected chi connectivity index (χ2v) is 5.31. The van der Waals surface area contributed by atoms with Gasteiger partial charge in [0.2, 0.25) is 0 Å². The van der Waals surface area contributed by atoms with Gasteiger partial charge in [0.15, 0.2) is 0 Å². The summed E-state index contributed by atoms with van der Waals surface area (Å²) in [5.41, 5.74) is 0.